The van der Waals surface area contributed by atoms with E-state index in [9.17, 15) is 4.79 Å². The average molecular weight is 540 g/mol. The number of halogens is 2. The second-order valence-corrected chi connectivity index (χ2v) is 9.55. The number of imidazole rings is 1. The number of fused-ring (bicyclic) bond motifs is 3. The molecule has 6 nitrogen and oxygen atoms in total. The third-order valence-electron chi connectivity index (χ3n) is 6.15. The molecule has 1 aromatic rings. The Morgan fingerprint density at radius 1 is 1.23 bits per heavy atom. The highest BCUT2D eigenvalue weighted by atomic mass is 127. The van der Waals surface area contributed by atoms with E-state index in [4.69, 9.17) is 9.97 Å². The number of aromatic nitrogens is 4. The maximum Gasteiger partial charge on any atom is 0.331 e. The highest BCUT2D eigenvalue weighted by molar-refractivity contribution is 14.1. The Balaban J connectivity index is 0.00000218. The summed E-state index contributed by atoms with van der Waals surface area (Å²) in [5, 5.41) is 3.60. The van der Waals surface area contributed by atoms with E-state index in [0.29, 0.717) is 19.0 Å². The first-order valence-corrected chi connectivity index (χ1v) is 11.7. The zero-order chi connectivity index (χ0) is 20.0. The maximum absolute atomic E-state index is 13.3. The molecule has 30 heavy (non-hydrogen) atoms. The zero-order valence-electron chi connectivity index (χ0n) is 17.1. The second kappa shape index (κ2) is 8.86. The van der Waals surface area contributed by atoms with Crippen LogP contribution in [0.15, 0.2) is 29.1 Å². The summed E-state index contributed by atoms with van der Waals surface area (Å²) in [7, 11) is 0. The topological polar surface area (TPSA) is 64.7 Å². The first kappa shape index (κ1) is 21.6. The van der Waals surface area contributed by atoms with Gasteiger partial charge in [0.15, 0.2) is 5.82 Å². The first-order chi connectivity index (χ1) is 14.1. The fourth-order valence-corrected chi connectivity index (χ4v) is 5.40. The van der Waals surface area contributed by atoms with E-state index in [-0.39, 0.29) is 24.1 Å². The number of rotatable bonds is 5. The molecule has 4 aliphatic rings. The van der Waals surface area contributed by atoms with Crippen molar-refractivity contribution in [3.63, 3.8) is 0 Å². The van der Waals surface area contributed by atoms with Crippen LogP contribution in [0, 0.1) is 3.57 Å². The molecule has 160 valence electrons. The van der Waals surface area contributed by atoms with Gasteiger partial charge >= 0.3 is 5.69 Å². The number of benzene rings is 1. The van der Waals surface area contributed by atoms with Crippen LogP contribution in [0.3, 0.4) is 0 Å². The molecule has 5 rings (SSSR count). The molecule has 0 radical (unpaired) electrons. The molecule has 0 spiro atoms. The Labute approximate surface area is 196 Å². The zero-order valence-corrected chi connectivity index (χ0v) is 20.1. The van der Waals surface area contributed by atoms with Gasteiger partial charge in [0.05, 0.1) is 0 Å². The van der Waals surface area contributed by atoms with Crippen LogP contribution in [-0.4, -0.2) is 25.1 Å². The van der Waals surface area contributed by atoms with Crippen molar-refractivity contribution >= 4 is 40.8 Å². The van der Waals surface area contributed by atoms with Crippen LogP contribution >= 0.6 is 35.0 Å². The molecule has 3 heterocycles. The maximum atomic E-state index is 13.3. The van der Waals surface area contributed by atoms with Crippen molar-refractivity contribution < 1.29 is 0 Å². The minimum Gasteiger partial charge on any atom is -0.365 e. The summed E-state index contributed by atoms with van der Waals surface area (Å²) in [6, 6.07) is 8.75. The van der Waals surface area contributed by atoms with Gasteiger partial charge in [0.25, 0.3) is 0 Å². The summed E-state index contributed by atoms with van der Waals surface area (Å²) in [4.78, 5) is 23.1. The molecule has 0 aromatic heterocycles. The van der Waals surface area contributed by atoms with Crippen LogP contribution in [0.4, 0.5) is 5.82 Å². The molecular weight excluding hydrogens is 513 g/mol. The van der Waals surface area contributed by atoms with Crippen LogP contribution < -0.4 is 11.0 Å². The number of hydrogen-bond donors (Lipinski definition) is 1. The summed E-state index contributed by atoms with van der Waals surface area (Å²) in [6.07, 6.45) is 6.61. The predicted molar refractivity (Wildman–Crippen MR) is 130 cm³/mol. The van der Waals surface area contributed by atoms with E-state index in [1.165, 1.54) is 22.0 Å². The third-order valence-corrected chi connectivity index (χ3v) is 6.82. The first-order valence-electron chi connectivity index (χ1n) is 10.7. The molecule has 3 aliphatic heterocycles. The van der Waals surface area contributed by atoms with E-state index >= 15 is 0 Å². The molecular formula is C22H27ClIN5O. The molecule has 0 bridgehead atoms. The van der Waals surface area contributed by atoms with Gasteiger partial charge in [0, 0.05) is 28.6 Å². The highest BCUT2D eigenvalue weighted by Gasteiger charge is 2.33. The molecule has 8 heteroatoms. The van der Waals surface area contributed by atoms with Gasteiger partial charge in [-0.25, -0.2) is 14.8 Å². The van der Waals surface area contributed by atoms with Gasteiger partial charge in [-0.2, -0.15) is 0 Å². The van der Waals surface area contributed by atoms with Gasteiger partial charge < -0.3 is 5.32 Å². The Kier molecular flexibility index (Phi) is 6.39. The lowest BCUT2D eigenvalue weighted by Crippen LogP contribution is -2.32. The van der Waals surface area contributed by atoms with E-state index in [2.05, 4.69) is 59.1 Å². The molecule has 1 aliphatic carbocycles. The monoisotopic (exact) mass is 539 g/mol. The van der Waals surface area contributed by atoms with E-state index in [1.807, 2.05) is 9.13 Å². The number of anilines is 1. The molecule has 0 amide bonds. The predicted octanol–water partition coefficient (Wildman–Crippen LogP) is 4.68. The van der Waals surface area contributed by atoms with E-state index in [1.54, 1.807) is 0 Å². The lowest BCUT2D eigenvalue weighted by molar-refractivity contribution is 0.560. The van der Waals surface area contributed by atoms with Gasteiger partial charge in [-0.15, -0.1) is 12.4 Å². The Morgan fingerprint density at radius 3 is 2.77 bits per heavy atom. The third kappa shape index (κ3) is 3.86. The van der Waals surface area contributed by atoms with Gasteiger partial charge in [-0.3, -0.25) is 9.13 Å². The number of nitrogens with zero attached hydrogens (tertiary/aromatic N) is 4. The van der Waals surface area contributed by atoms with Crippen molar-refractivity contribution in [1.82, 2.24) is 19.1 Å². The van der Waals surface area contributed by atoms with Crippen LogP contribution in [0.2, 0.25) is 0 Å². The van der Waals surface area contributed by atoms with Crippen LogP contribution in [0.25, 0.3) is 11.5 Å². The lowest BCUT2D eigenvalue weighted by Gasteiger charge is -2.13. The summed E-state index contributed by atoms with van der Waals surface area (Å²) in [5.74, 6) is 2.98. The number of hydrogen-bond acceptors (Lipinski definition) is 4. The van der Waals surface area contributed by atoms with Crippen LogP contribution in [-0.2, 0) is 19.5 Å². The minimum absolute atomic E-state index is 0. The summed E-state index contributed by atoms with van der Waals surface area (Å²) < 4.78 is 4.95. The van der Waals surface area contributed by atoms with Gasteiger partial charge in [0.2, 0.25) is 0 Å². The normalized spacial score (nSPS) is 18.4. The SMILES string of the molecule is CCCn1c2nc(C3CCCC3)nc-2c2n(c1=O)CC(Cc1cccc(I)c1)N2.Cl. The smallest absolute Gasteiger partial charge is 0.331 e. The Bertz CT molecular complexity index is 1070. The molecule has 1 saturated carbocycles. The van der Waals surface area contributed by atoms with Crippen molar-refractivity contribution in [3.8, 4) is 11.5 Å². The minimum atomic E-state index is 0. The molecule has 1 unspecified atom stereocenters. The summed E-state index contributed by atoms with van der Waals surface area (Å²) in [6.45, 7) is 3.45. The average Bonchev–Trinajstić information content (AvgIpc) is 3.43. The fourth-order valence-electron chi connectivity index (χ4n) is 4.79. The Hall–Kier alpha value is -1.61. The van der Waals surface area contributed by atoms with Gasteiger partial charge in [0.1, 0.15) is 17.3 Å². The molecule has 1 N–H and O–H groups in total. The highest BCUT2D eigenvalue weighted by Crippen LogP contribution is 2.37. The van der Waals surface area contributed by atoms with E-state index < -0.39 is 0 Å². The fraction of sp³-hybridized carbons (Fsp3) is 0.500. The van der Waals surface area contributed by atoms with Crippen LogP contribution in [0.5, 0.6) is 0 Å². The number of nitrogens with one attached hydrogen (secondary N) is 1. The quantitative estimate of drug-likeness (QED) is 0.479. The standard InChI is InChI=1S/C22H26IN5O.ClH/c1-2-10-27-21-18(25-19(26-21)15-7-3-4-8-15)20-24-17(13-28(20)22(27)29)12-14-6-5-9-16(23)11-14;/h5-6,9,11,15,17,24H,2-4,7-8,10,12-13H2,1H3;1H. The van der Waals surface area contributed by atoms with Gasteiger partial charge in [-0.05, 0) is 66.0 Å². The van der Waals surface area contributed by atoms with Crippen molar-refractivity contribution in [2.45, 2.75) is 70.5 Å². The van der Waals surface area contributed by atoms with Crippen LogP contribution in [0.1, 0.15) is 56.3 Å². The van der Waals surface area contributed by atoms with Crippen molar-refractivity contribution in [2.75, 3.05) is 5.32 Å². The Morgan fingerprint density at radius 2 is 2.03 bits per heavy atom. The summed E-state index contributed by atoms with van der Waals surface area (Å²) >= 11 is 2.35. The van der Waals surface area contributed by atoms with E-state index in [0.717, 1.165) is 48.8 Å². The molecule has 1 aromatic carbocycles. The second-order valence-electron chi connectivity index (χ2n) is 8.30. The summed E-state index contributed by atoms with van der Waals surface area (Å²) in [5.41, 5.74) is 2.18. The molecule has 0 saturated heterocycles. The largest absolute Gasteiger partial charge is 0.365 e. The van der Waals surface area contributed by atoms with Crippen molar-refractivity contribution in [3.05, 3.63) is 49.7 Å². The van der Waals surface area contributed by atoms with Crippen molar-refractivity contribution in [2.24, 2.45) is 0 Å². The molecule has 1 atom stereocenters. The van der Waals surface area contributed by atoms with Crippen molar-refractivity contribution in [1.29, 1.82) is 0 Å². The van der Waals surface area contributed by atoms with Gasteiger partial charge in [-0.1, -0.05) is 31.9 Å². The lowest BCUT2D eigenvalue weighted by atomic mass is 10.1. The molecule has 1 fully saturated rings.